The highest BCUT2D eigenvalue weighted by Crippen LogP contribution is 2.44. The van der Waals surface area contributed by atoms with Crippen LogP contribution >= 0.6 is 11.6 Å². The highest BCUT2D eigenvalue weighted by Gasteiger charge is 2.37. The summed E-state index contributed by atoms with van der Waals surface area (Å²) < 4.78 is 5.32. The summed E-state index contributed by atoms with van der Waals surface area (Å²) >= 11 is 6.09. The van der Waals surface area contributed by atoms with Crippen molar-refractivity contribution in [1.29, 1.82) is 0 Å². The monoisotopic (exact) mass is 336 g/mol. The largest absolute Gasteiger partial charge is 0.496 e. The molecule has 0 atom stereocenters. The van der Waals surface area contributed by atoms with E-state index < -0.39 is 0 Å². The number of nitrogens with zero attached hydrogens (tertiary/aromatic N) is 1. The third kappa shape index (κ3) is 3.27. The average molecular weight is 337 g/mol. The van der Waals surface area contributed by atoms with Crippen LogP contribution in [-0.4, -0.2) is 31.0 Å². The zero-order valence-corrected chi connectivity index (χ0v) is 14.5. The lowest BCUT2D eigenvalue weighted by Crippen LogP contribution is -2.44. The van der Waals surface area contributed by atoms with Crippen molar-refractivity contribution >= 4 is 23.2 Å². The third-order valence-electron chi connectivity index (χ3n) is 5.57. The van der Waals surface area contributed by atoms with E-state index in [4.69, 9.17) is 22.1 Å². The van der Waals surface area contributed by atoms with Gasteiger partial charge in [-0.2, -0.15) is 0 Å². The number of benzene rings is 1. The van der Waals surface area contributed by atoms with Crippen molar-refractivity contribution < 1.29 is 9.53 Å². The van der Waals surface area contributed by atoms with E-state index in [2.05, 4.69) is 0 Å². The van der Waals surface area contributed by atoms with Gasteiger partial charge in [-0.15, -0.1) is 0 Å². The van der Waals surface area contributed by atoms with Gasteiger partial charge in [0.25, 0.3) is 5.91 Å². The number of rotatable bonds is 2. The Kier molecular flexibility index (Phi) is 4.72. The maximum Gasteiger partial charge on any atom is 0.257 e. The van der Waals surface area contributed by atoms with Crippen LogP contribution < -0.4 is 10.5 Å². The molecule has 0 unspecified atom stereocenters. The van der Waals surface area contributed by atoms with Gasteiger partial charge in [-0.25, -0.2) is 0 Å². The van der Waals surface area contributed by atoms with E-state index in [1.807, 2.05) is 4.90 Å². The summed E-state index contributed by atoms with van der Waals surface area (Å²) in [6.07, 6.45) is 8.93. The number of piperidine rings is 1. The fourth-order valence-corrected chi connectivity index (χ4v) is 4.23. The maximum atomic E-state index is 12.9. The Morgan fingerprint density at radius 1 is 1.17 bits per heavy atom. The predicted octanol–water partition coefficient (Wildman–Crippen LogP) is 4.12. The van der Waals surface area contributed by atoms with Gasteiger partial charge in [-0.05, 0) is 37.2 Å². The van der Waals surface area contributed by atoms with Gasteiger partial charge in [0, 0.05) is 19.2 Å². The second kappa shape index (κ2) is 6.60. The molecular formula is C18H25ClN2O2. The van der Waals surface area contributed by atoms with E-state index in [-0.39, 0.29) is 5.91 Å². The second-order valence-corrected chi connectivity index (χ2v) is 7.33. The van der Waals surface area contributed by atoms with Crippen LogP contribution in [0.15, 0.2) is 12.1 Å². The van der Waals surface area contributed by atoms with Crippen molar-refractivity contribution in [1.82, 2.24) is 4.90 Å². The molecule has 4 nitrogen and oxygen atoms in total. The van der Waals surface area contributed by atoms with E-state index in [1.54, 1.807) is 19.2 Å². The summed E-state index contributed by atoms with van der Waals surface area (Å²) in [7, 11) is 1.55. The van der Waals surface area contributed by atoms with E-state index in [0.29, 0.717) is 27.4 Å². The summed E-state index contributed by atoms with van der Waals surface area (Å²) in [5.41, 5.74) is 7.22. The van der Waals surface area contributed by atoms with Gasteiger partial charge in [-0.1, -0.05) is 30.9 Å². The van der Waals surface area contributed by atoms with Crippen LogP contribution in [0.1, 0.15) is 55.3 Å². The topological polar surface area (TPSA) is 55.6 Å². The Morgan fingerprint density at radius 3 is 2.43 bits per heavy atom. The SMILES string of the molecule is COc1cc(N)c(Cl)cc1C(=O)N1CCC2(CCCCC2)CC1. The molecule has 1 saturated heterocycles. The van der Waals surface area contributed by atoms with Crippen LogP contribution in [0.2, 0.25) is 5.02 Å². The molecule has 0 bridgehead atoms. The van der Waals surface area contributed by atoms with Crippen LogP contribution in [-0.2, 0) is 0 Å². The Labute approximate surface area is 142 Å². The number of anilines is 1. The van der Waals surface area contributed by atoms with Crippen molar-refractivity contribution in [3.8, 4) is 5.75 Å². The first kappa shape index (κ1) is 16.4. The number of hydrogen-bond donors (Lipinski definition) is 1. The molecule has 1 aliphatic carbocycles. The number of nitrogens with two attached hydrogens (primary N) is 1. The van der Waals surface area contributed by atoms with E-state index in [1.165, 1.54) is 32.1 Å². The number of likely N-dealkylation sites (tertiary alicyclic amines) is 1. The number of carbonyl (C=O) groups excluding carboxylic acids is 1. The lowest BCUT2D eigenvalue weighted by atomic mass is 9.68. The van der Waals surface area contributed by atoms with Crippen LogP contribution in [0.3, 0.4) is 0 Å². The average Bonchev–Trinajstić information content (AvgIpc) is 2.58. The molecule has 0 radical (unpaired) electrons. The first-order valence-corrected chi connectivity index (χ1v) is 8.85. The zero-order valence-electron chi connectivity index (χ0n) is 13.7. The van der Waals surface area contributed by atoms with Gasteiger partial charge in [0.2, 0.25) is 0 Å². The smallest absolute Gasteiger partial charge is 0.257 e. The highest BCUT2D eigenvalue weighted by atomic mass is 35.5. The molecule has 2 N–H and O–H groups in total. The first-order chi connectivity index (χ1) is 11.0. The molecule has 1 aromatic rings. The van der Waals surface area contributed by atoms with Gasteiger partial charge in [-0.3, -0.25) is 4.79 Å². The summed E-state index contributed by atoms with van der Waals surface area (Å²) in [5.74, 6) is 0.490. The fraction of sp³-hybridized carbons (Fsp3) is 0.611. The summed E-state index contributed by atoms with van der Waals surface area (Å²) in [6, 6.07) is 3.26. The molecule has 3 rings (SSSR count). The molecule has 1 aromatic carbocycles. The van der Waals surface area contributed by atoms with Crippen LogP contribution in [0.5, 0.6) is 5.75 Å². The van der Waals surface area contributed by atoms with Crippen LogP contribution in [0.4, 0.5) is 5.69 Å². The second-order valence-electron chi connectivity index (χ2n) is 6.93. The molecule has 5 heteroatoms. The van der Waals surface area contributed by atoms with Gasteiger partial charge in [0.15, 0.2) is 0 Å². The molecule has 1 spiro atoms. The van der Waals surface area contributed by atoms with Gasteiger partial charge < -0.3 is 15.4 Å². The van der Waals surface area contributed by atoms with Crippen molar-refractivity contribution in [2.75, 3.05) is 25.9 Å². The van der Waals surface area contributed by atoms with Crippen molar-refractivity contribution in [2.45, 2.75) is 44.9 Å². The number of nitrogen functional groups attached to an aromatic ring is 1. The van der Waals surface area contributed by atoms with Gasteiger partial charge in [0.05, 0.1) is 23.4 Å². The number of halogens is 1. The summed E-state index contributed by atoms with van der Waals surface area (Å²) in [5, 5.41) is 0.398. The Morgan fingerprint density at radius 2 is 1.83 bits per heavy atom. The van der Waals surface area contributed by atoms with Gasteiger partial charge in [0.1, 0.15) is 5.75 Å². The molecule has 1 heterocycles. The van der Waals surface area contributed by atoms with Crippen molar-refractivity contribution in [2.24, 2.45) is 5.41 Å². The van der Waals surface area contributed by atoms with Crippen LogP contribution in [0, 0.1) is 5.41 Å². The van der Waals surface area contributed by atoms with E-state index in [9.17, 15) is 4.79 Å². The normalized spacial score (nSPS) is 20.5. The van der Waals surface area contributed by atoms with Crippen molar-refractivity contribution in [3.63, 3.8) is 0 Å². The maximum absolute atomic E-state index is 12.9. The minimum atomic E-state index is -0.00518. The first-order valence-electron chi connectivity index (χ1n) is 8.47. The lowest BCUT2D eigenvalue weighted by molar-refractivity contribution is 0.0469. The Balaban J connectivity index is 1.73. The number of ether oxygens (including phenoxy) is 1. The van der Waals surface area contributed by atoms with Gasteiger partial charge >= 0.3 is 0 Å². The molecule has 1 aliphatic heterocycles. The van der Waals surface area contributed by atoms with E-state index in [0.717, 1.165) is 25.9 Å². The molecule has 2 aliphatic rings. The predicted molar refractivity (Wildman–Crippen MR) is 93.1 cm³/mol. The standard InChI is InChI=1S/C18H25ClN2O2/c1-23-16-12-15(20)14(19)11-13(16)17(22)21-9-7-18(8-10-21)5-3-2-4-6-18/h11-12H,2-10,20H2,1H3. The number of amides is 1. The Bertz CT molecular complexity index is 587. The minimum absolute atomic E-state index is 0.00518. The lowest BCUT2D eigenvalue weighted by Gasteiger charge is -2.44. The molecule has 1 amide bonds. The van der Waals surface area contributed by atoms with Crippen LogP contribution in [0.25, 0.3) is 0 Å². The Hall–Kier alpha value is -1.42. The molecular weight excluding hydrogens is 312 g/mol. The summed E-state index contributed by atoms with van der Waals surface area (Å²) in [4.78, 5) is 14.8. The molecule has 1 saturated carbocycles. The summed E-state index contributed by atoms with van der Waals surface area (Å²) in [6.45, 7) is 1.65. The molecule has 0 aromatic heterocycles. The zero-order chi connectivity index (χ0) is 16.4. The minimum Gasteiger partial charge on any atom is -0.496 e. The quantitative estimate of drug-likeness (QED) is 0.826. The van der Waals surface area contributed by atoms with Crippen molar-refractivity contribution in [3.05, 3.63) is 22.7 Å². The molecule has 126 valence electrons. The van der Waals surface area contributed by atoms with E-state index >= 15 is 0 Å². The molecule has 2 fully saturated rings. The number of hydrogen-bond acceptors (Lipinski definition) is 3. The highest BCUT2D eigenvalue weighted by molar-refractivity contribution is 6.33. The fourth-order valence-electron chi connectivity index (χ4n) is 4.06. The third-order valence-corrected chi connectivity index (χ3v) is 5.90. The number of carbonyl (C=O) groups is 1. The molecule has 23 heavy (non-hydrogen) atoms. The number of methoxy groups -OCH3 is 1.